The van der Waals surface area contributed by atoms with Gasteiger partial charge in [0.2, 0.25) is 5.91 Å². The normalized spacial score (nSPS) is 34.0. The van der Waals surface area contributed by atoms with E-state index in [0.717, 1.165) is 39.2 Å². The van der Waals surface area contributed by atoms with Crippen molar-refractivity contribution in [3.63, 3.8) is 0 Å². The molecule has 98 valence electrons. The van der Waals surface area contributed by atoms with Crippen molar-refractivity contribution in [2.24, 2.45) is 17.8 Å². The van der Waals surface area contributed by atoms with E-state index in [-0.39, 0.29) is 5.92 Å². The molecular weight excluding hydrogens is 216 g/mol. The van der Waals surface area contributed by atoms with Crippen LogP contribution >= 0.6 is 0 Å². The van der Waals surface area contributed by atoms with Crippen LogP contribution in [0.1, 0.15) is 19.8 Å². The maximum Gasteiger partial charge on any atom is 0.227 e. The van der Waals surface area contributed by atoms with E-state index in [1.54, 1.807) is 7.11 Å². The molecule has 1 N–H and O–H groups in total. The van der Waals surface area contributed by atoms with Crippen molar-refractivity contribution in [2.45, 2.75) is 19.8 Å². The van der Waals surface area contributed by atoms with Gasteiger partial charge in [0.15, 0.2) is 0 Å². The van der Waals surface area contributed by atoms with E-state index in [0.29, 0.717) is 17.7 Å². The molecule has 3 atom stereocenters. The minimum Gasteiger partial charge on any atom is -0.384 e. The highest BCUT2D eigenvalue weighted by atomic mass is 16.5. The zero-order valence-electron chi connectivity index (χ0n) is 10.9. The van der Waals surface area contributed by atoms with Crippen LogP contribution in [0.4, 0.5) is 0 Å². The summed E-state index contributed by atoms with van der Waals surface area (Å²) in [6, 6.07) is 0. The van der Waals surface area contributed by atoms with Gasteiger partial charge in [-0.05, 0) is 31.2 Å². The first kappa shape index (κ1) is 12.8. The molecule has 17 heavy (non-hydrogen) atoms. The van der Waals surface area contributed by atoms with E-state index in [1.807, 2.05) is 0 Å². The molecule has 2 aliphatic rings. The molecule has 2 rings (SSSR count). The monoisotopic (exact) mass is 240 g/mol. The fourth-order valence-electron chi connectivity index (χ4n) is 3.01. The zero-order valence-corrected chi connectivity index (χ0v) is 10.9. The third-order valence-corrected chi connectivity index (χ3v) is 4.07. The van der Waals surface area contributed by atoms with Crippen molar-refractivity contribution in [3.05, 3.63) is 0 Å². The maximum atomic E-state index is 12.4. The number of nitrogens with one attached hydrogen (secondary N) is 1. The Hall–Kier alpha value is -0.610. The number of piperidine rings is 1. The number of amides is 1. The second kappa shape index (κ2) is 5.83. The standard InChI is InChI=1S/C13H24N2O2/c1-10-6-14-7-12(10)13(16)15-5-3-4-11(8-15)9-17-2/h10-12,14H,3-9H2,1-2H3/t10-,11?,12-/m1/s1. The summed E-state index contributed by atoms with van der Waals surface area (Å²) in [5.41, 5.74) is 0. The fraction of sp³-hybridized carbons (Fsp3) is 0.923. The largest absolute Gasteiger partial charge is 0.384 e. The third-order valence-electron chi connectivity index (χ3n) is 4.07. The Bertz CT molecular complexity index is 268. The number of nitrogens with zero attached hydrogens (tertiary/aromatic N) is 1. The van der Waals surface area contributed by atoms with Crippen LogP contribution in [-0.2, 0) is 9.53 Å². The summed E-state index contributed by atoms with van der Waals surface area (Å²) in [5.74, 6) is 1.55. The van der Waals surface area contributed by atoms with Crippen LogP contribution in [0.25, 0.3) is 0 Å². The lowest BCUT2D eigenvalue weighted by Gasteiger charge is -2.34. The highest BCUT2D eigenvalue weighted by molar-refractivity contribution is 5.79. The van der Waals surface area contributed by atoms with Gasteiger partial charge in [-0.2, -0.15) is 0 Å². The predicted molar refractivity (Wildman–Crippen MR) is 66.7 cm³/mol. The molecule has 0 aromatic carbocycles. The Morgan fingerprint density at radius 3 is 2.94 bits per heavy atom. The molecule has 2 heterocycles. The number of hydrogen-bond donors (Lipinski definition) is 1. The first-order chi connectivity index (χ1) is 8.22. The lowest BCUT2D eigenvalue weighted by molar-refractivity contribution is -0.138. The highest BCUT2D eigenvalue weighted by Crippen LogP contribution is 2.23. The Balaban J connectivity index is 1.90. The van der Waals surface area contributed by atoms with Crippen LogP contribution in [0.5, 0.6) is 0 Å². The van der Waals surface area contributed by atoms with Gasteiger partial charge in [-0.3, -0.25) is 4.79 Å². The van der Waals surface area contributed by atoms with Crippen molar-refractivity contribution in [1.29, 1.82) is 0 Å². The van der Waals surface area contributed by atoms with Crippen LogP contribution in [0.2, 0.25) is 0 Å². The van der Waals surface area contributed by atoms with E-state index in [4.69, 9.17) is 4.74 Å². The smallest absolute Gasteiger partial charge is 0.227 e. The van der Waals surface area contributed by atoms with Gasteiger partial charge in [0.05, 0.1) is 12.5 Å². The van der Waals surface area contributed by atoms with Crippen LogP contribution in [0.3, 0.4) is 0 Å². The minimum absolute atomic E-state index is 0.191. The topological polar surface area (TPSA) is 41.6 Å². The summed E-state index contributed by atoms with van der Waals surface area (Å²) in [6.45, 7) is 6.59. The number of methoxy groups -OCH3 is 1. The molecule has 0 spiro atoms. The molecule has 0 bridgehead atoms. The van der Waals surface area contributed by atoms with Crippen LogP contribution in [-0.4, -0.2) is 50.7 Å². The zero-order chi connectivity index (χ0) is 12.3. The van der Waals surface area contributed by atoms with Crippen LogP contribution in [0.15, 0.2) is 0 Å². The number of carbonyl (C=O) groups excluding carboxylic acids is 1. The molecular formula is C13H24N2O2. The molecule has 1 unspecified atom stereocenters. The molecule has 0 aliphatic carbocycles. The van der Waals surface area contributed by atoms with Gasteiger partial charge < -0.3 is 15.0 Å². The van der Waals surface area contributed by atoms with E-state index in [2.05, 4.69) is 17.1 Å². The maximum absolute atomic E-state index is 12.4. The first-order valence-electron chi connectivity index (χ1n) is 6.70. The van der Waals surface area contributed by atoms with Gasteiger partial charge in [-0.25, -0.2) is 0 Å². The minimum atomic E-state index is 0.191. The Morgan fingerprint density at radius 1 is 1.47 bits per heavy atom. The second-order valence-electron chi connectivity index (χ2n) is 5.49. The average molecular weight is 240 g/mol. The number of rotatable bonds is 3. The summed E-state index contributed by atoms with van der Waals surface area (Å²) < 4.78 is 5.21. The molecule has 2 saturated heterocycles. The highest BCUT2D eigenvalue weighted by Gasteiger charge is 2.34. The van der Waals surface area contributed by atoms with Gasteiger partial charge in [0, 0.05) is 26.7 Å². The lowest BCUT2D eigenvalue weighted by Crippen LogP contribution is -2.45. The van der Waals surface area contributed by atoms with E-state index < -0.39 is 0 Å². The number of carbonyl (C=O) groups is 1. The quantitative estimate of drug-likeness (QED) is 0.790. The number of ether oxygens (including phenoxy) is 1. The van der Waals surface area contributed by atoms with Crippen molar-refractivity contribution in [1.82, 2.24) is 10.2 Å². The molecule has 2 fully saturated rings. The molecule has 2 aliphatic heterocycles. The van der Waals surface area contributed by atoms with Gasteiger partial charge in [0.25, 0.3) is 0 Å². The van der Waals surface area contributed by atoms with Crippen molar-refractivity contribution < 1.29 is 9.53 Å². The van der Waals surface area contributed by atoms with Crippen molar-refractivity contribution in [3.8, 4) is 0 Å². The van der Waals surface area contributed by atoms with E-state index in [1.165, 1.54) is 6.42 Å². The third kappa shape index (κ3) is 2.99. The van der Waals surface area contributed by atoms with Crippen LogP contribution < -0.4 is 5.32 Å². The Kier molecular flexibility index (Phi) is 4.40. The average Bonchev–Trinajstić information content (AvgIpc) is 2.75. The molecule has 0 radical (unpaired) electrons. The predicted octanol–water partition coefficient (Wildman–Crippen LogP) is 0.727. The van der Waals surface area contributed by atoms with Crippen LogP contribution in [0, 0.1) is 17.8 Å². The SMILES string of the molecule is COCC1CCCN(C(=O)[C@@H]2CNC[C@H]2C)C1. The fourth-order valence-corrected chi connectivity index (χ4v) is 3.01. The van der Waals surface area contributed by atoms with Gasteiger partial charge in [0.1, 0.15) is 0 Å². The summed E-state index contributed by atoms with van der Waals surface area (Å²) in [4.78, 5) is 14.5. The van der Waals surface area contributed by atoms with Crippen molar-refractivity contribution >= 4 is 5.91 Å². The molecule has 4 heteroatoms. The van der Waals surface area contributed by atoms with Crippen molar-refractivity contribution in [2.75, 3.05) is 39.9 Å². The molecule has 0 aromatic rings. The summed E-state index contributed by atoms with van der Waals surface area (Å²) in [6.07, 6.45) is 2.31. The Morgan fingerprint density at radius 2 is 2.29 bits per heavy atom. The van der Waals surface area contributed by atoms with Gasteiger partial charge in [-0.15, -0.1) is 0 Å². The van der Waals surface area contributed by atoms with Gasteiger partial charge >= 0.3 is 0 Å². The van der Waals surface area contributed by atoms with Gasteiger partial charge in [-0.1, -0.05) is 6.92 Å². The van der Waals surface area contributed by atoms with E-state index in [9.17, 15) is 4.79 Å². The Labute approximate surface area is 104 Å². The molecule has 1 amide bonds. The molecule has 4 nitrogen and oxygen atoms in total. The second-order valence-corrected chi connectivity index (χ2v) is 5.49. The lowest BCUT2D eigenvalue weighted by atomic mass is 9.93. The summed E-state index contributed by atoms with van der Waals surface area (Å²) in [5, 5.41) is 3.31. The molecule has 0 saturated carbocycles. The first-order valence-corrected chi connectivity index (χ1v) is 6.70. The number of likely N-dealkylation sites (tertiary alicyclic amines) is 1. The summed E-state index contributed by atoms with van der Waals surface area (Å²) in [7, 11) is 1.74. The number of hydrogen-bond acceptors (Lipinski definition) is 3. The molecule has 0 aromatic heterocycles. The van der Waals surface area contributed by atoms with E-state index >= 15 is 0 Å². The summed E-state index contributed by atoms with van der Waals surface area (Å²) >= 11 is 0.